The van der Waals surface area contributed by atoms with E-state index in [0.717, 1.165) is 30.8 Å². The van der Waals surface area contributed by atoms with Gasteiger partial charge in [0.15, 0.2) is 5.69 Å². The molecule has 0 unspecified atom stereocenters. The number of unbranched alkanes of at least 4 members (excludes halogenated alkanes) is 2. The molecule has 0 aromatic carbocycles. The summed E-state index contributed by atoms with van der Waals surface area (Å²) in [5.74, 6) is -0.317. The maximum Gasteiger partial charge on any atom is 0.357 e. The monoisotopic (exact) mass is 298 g/mol. The maximum atomic E-state index is 11.9. The van der Waals surface area contributed by atoms with E-state index in [1.54, 1.807) is 5.38 Å². The van der Waals surface area contributed by atoms with Crippen molar-refractivity contribution >= 4 is 23.2 Å². The molecule has 1 aromatic heterocycles. The summed E-state index contributed by atoms with van der Waals surface area (Å²) in [6.45, 7) is 5.21. The molecule has 0 atom stereocenters. The Balaban J connectivity index is 2.66. The summed E-state index contributed by atoms with van der Waals surface area (Å²) in [6, 6.07) is 0. The molecule has 0 spiro atoms. The van der Waals surface area contributed by atoms with Crippen LogP contribution in [0.1, 0.15) is 55.0 Å². The molecule has 0 fully saturated rings. The summed E-state index contributed by atoms with van der Waals surface area (Å²) in [4.78, 5) is 29.3. The summed E-state index contributed by atoms with van der Waals surface area (Å²) in [6.07, 6.45) is 3.72. The highest BCUT2D eigenvalue weighted by Crippen LogP contribution is 2.14. The van der Waals surface area contributed by atoms with E-state index in [4.69, 9.17) is 0 Å². The van der Waals surface area contributed by atoms with Crippen LogP contribution in [0.25, 0.3) is 0 Å². The van der Waals surface area contributed by atoms with Crippen molar-refractivity contribution in [1.82, 2.24) is 9.88 Å². The van der Waals surface area contributed by atoms with Crippen molar-refractivity contribution in [2.45, 2.75) is 46.1 Å². The Morgan fingerprint density at radius 3 is 2.70 bits per heavy atom. The number of carbonyl (C=O) groups is 2. The van der Waals surface area contributed by atoms with Gasteiger partial charge in [0.2, 0.25) is 5.91 Å². The van der Waals surface area contributed by atoms with Gasteiger partial charge in [0.1, 0.15) is 5.01 Å². The topological polar surface area (TPSA) is 59.5 Å². The predicted octanol–water partition coefficient (Wildman–Crippen LogP) is 2.86. The van der Waals surface area contributed by atoms with Gasteiger partial charge in [-0.3, -0.25) is 4.79 Å². The molecule has 0 aliphatic heterocycles. The standard InChI is InChI=1S/C14H22N2O3S/c1-4-6-7-8-16(13(17)5-2)9-12-15-11(10-20-12)14(18)19-3/h10H,4-9H2,1-3H3. The summed E-state index contributed by atoms with van der Waals surface area (Å²) < 4.78 is 4.63. The van der Waals surface area contributed by atoms with E-state index in [0.29, 0.717) is 18.7 Å². The first-order valence-corrected chi connectivity index (χ1v) is 7.80. The minimum absolute atomic E-state index is 0.121. The van der Waals surface area contributed by atoms with Crippen molar-refractivity contribution in [2.24, 2.45) is 0 Å². The molecular formula is C14H22N2O3S. The van der Waals surface area contributed by atoms with E-state index in [-0.39, 0.29) is 5.91 Å². The van der Waals surface area contributed by atoms with Crippen LogP contribution in [0, 0.1) is 0 Å². The number of nitrogens with zero attached hydrogens (tertiary/aromatic N) is 2. The zero-order valence-corrected chi connectivity index (χ0v) is 13.2. The highest BCUT2D eigenvalue weighted by Gasteiger charge is 2.16. The Morgan fingerprint density at radius 2 is 2.10 bits per heavy atom. The van der Waals surface area contributed by atoms with E-state index < -0.39 is 5.97 Å². The Hall–Kier alpha value is -1.43. The number of hydrogen-bond acceptors (Lipinski definition) is 5. The number of hydrogen-bond donors (Lipinski definition) is 0. The lowest BCUT2D eigenvalue weighted by Gasteiger charge is -2.20. The van der Waals surface area contributed by atoms with Gasteiger partial charge in [-0.05, 0) is 6.42 Å². The van der Waals surface area contributed by atoms with Crippen LogP contribution >= 0.6 is 11.3 Å². The molecule has 5 nitrogen and oxygen atoms in total. The van der Waals surface area contributed by atoms with Gasteiger partial charge < -0.3 is 9.64 Å². The van der Waals surface area contributed by atoms with E-state index in [9.17, 15) is 9.59 Å². The minimum Gasteiger partial charge on any atom is -0.464 e. The van der Waals surface area contributed by atoms with E-state index in [1.165, 1.54) is 18.4 Å². The third-order valence-corrected chi connectivity index (χ3v) is 3.79. The number of esters is 1. The fourth-order valence-electron chi connectivity index (χ4n) is 1.81. The van der Waals surface area contributed by atoms with Crippen molar-refractivity contribution in [3.63, 3.8) is 0 Å². The Labute approximate surface area is 124 Å². The number of aromatic nitrogens is 1. The minimum atomic E-state index is -0.438. The zero-order valence-electron chi connectivity index (χ0n) is 12.3. The van der Waals surface area contributed by atoms with Gasteiger partial charge in [-0.15, -0.1) is 11.3 Å². The number of rotatable bonds is 8. The summed E-state index contributed by atoms with van der Waals surface area (Å²) >= 11 is 1.38. The summed E-state index contributed by atoms with van der Waals surface area (Å²) in [5, 5.41) is 2.44. The highest BCUT2D eigenvalue weighted by atomic mass is 32.1. The van der Waals surface area contributed by atoms with Crippen LogP contribution < -0.4 is 0 Å². The zero-order chi connectivity index (χ0) is 15.0. The molecule has 6 heteroatoms. The van der Waals surface area contributed by atoms with Crippen molar-refractivity contribution in [2.75, 3.05) is 13.7 Å². The number of methoxy groups -OCH3 is 1. The van der Waals surface area contributed by atoms with E-state index in [1.807, 2.05) is 11.8 Å². The molecule has 1 amide bonds. The fourth-order valence-corrected chi connectivity index (χ4v) is 2.59. The molecule has 0 aliphatic carbocycles. The molecule has 0 saturated heterocycles. The lowest BCUT2D eigenvalue weighted by Crippen LogP contribution is -2.30. The number of carbonyl (C=O) groups excluding carboxylic acids is 2. The normalized spacial score (nSPS) is 10.3. The molecule has 1 aromatic rings. The van der Waals surface area contributed by atoms with Crippen LogP contribution in [0.2, 0.25) is 0 Å². The molecule has 0 N–H and O–H groups in total. The van der Waals surface area contributed by atoms with Crippen LogP contribution in [0.5, 0.6) is 0 Å². The first-order valence-electron chi connectivity index (χ1n) is 6.92. The van der Waals surface area contributed by atoms with Crippen molar-refractivity contribution in [3.8, 4) is 0 Å². The number of amides is 1. The first-order chi connectivity index (χ1) is 9.62. The Morgan fingerprint density at radius 1 is 1.35 bits per heavy atom. The molecule has 1 rings (SSSR count). The van der Waals surface area contributed by atoms with Gasteiger partial charge >= 0.3 is 5.97 Å². The van der Waals surface area contributed by atoms with Crippen LogP contribution in [-0.4, -0.2) is 35.4 Å². The van der Waals surface area contributed by atoms with Crippen molar-refractivity contribution in [3.05, 3.63) is 16.1 Å². The van der Waals surface area contributed by atoms with E-state index >= 15 is 0 Å². The third-order valence-electron chi connectivity index (χ3n) is 2.96. The second-order valence-electron chi connectivity index (χ2n) is 4.49. The molecule has 0 aliphatic rings. The van der Waals surface area contributed by atoms with Crippen molar-refractivity contribution in [1.29, 1.82) is 0 Å². The smallest absolute Gasteiger partial charge is 0.357 e. The average Bonchev–Trinajstić information content (AvgIpc) is 2.93. The predicted molar refractivity (Wildman–Crippen MR) is 78.7 cm³/mol. The molecule has 0 radical (unpaired) electrons. The number of thiazole rings is 1. The Bertz CT molecular complexity index is 445. The van der Waals surface area contributed by atoms with Crippen LogP contribution in [0.15, 0.2) is 5.38 Å². The van der Waals surface area contributed by atoms with E-state index in [2.05, 4.69) is 16.6 Å². The molecule has 112 valence electrons. The quantitative estimate of drug-likeness (QED) is 0.547. The lowest BCUT2D eigenvalue weighted by molar-refractivity contribution is -0.131. The molecule has 1 heterocycles. The van der Waals surface area contributed by atoms with Gasteiger partial charge in [-0.25, -0.2) is 9.78 Å². The summed E-state index contributed by atoms with van der Waals surface area (Å²) in [7, 11) is 1.33. The molecule has 20 heavy (non-hydrogen) atoms. The van der Waals surface area contributed by atoms with Gasteiger partial charge in [0.25, 0.3) is 0 Å². The van der Waals surface area contributed by atoms with Gasteiger partial charge in [0, 0.05) is 18.3 Å². The van der Waals surface area contributed by atoms with Crippen LogP contribution in [0.3, 0.4) is 0 Å². The highest BCUT2D eigenvalue weighted by molar-refractivity contribution is 7.09. The second kappa shape index (κ2) is 8.68. The van der Waals surface area contributed by atoms with Crippen LogP contribution in [-0.2, 0) is 16.1 Å². The number of ether oxygens (including phenoxy) is 1. The Kier molecular flexibility index (Phi) is 7.22. The van der Waals surface area contributed by atoms with Crippen LogP contribution in [0.4, 0.5) is 0 Å². The summed E-state index contributed by atoms with van der Waals surface area (Å²) in [5.41, 5.74) is 0.310. The second-order valence-corrected chi connectivity index (χ2v) is 5.44. The molecular weight excluding hydrogens is 276 g/mol. The average molecular weight is 298 g/mol. The van der Waals surface area contributed by atoms with Crippen molar-refractivity contribution < 1.29 is 14.3 Å². The van der Waals surface area contributed by atoms with Gasteiger partial charge in [-0.1, -0.05) is 26.7 Å². The molecule has 0 saturated carbocycles. The SMILES string of the molecule is CCCCCN(Cc1nc(C(=O)OC)cs1)C(=O)CC. The van der Waals surface area contributed by atoms with Gasteiger partial charge in [-0.2, -0.15) is 0 Å². The molecule has 0 bridgehead atoms. The first kappa shape index (κ1) is 16.6. The third kappa shape index (κ3) is 4.92. The fraction of sp³-hybridized carbons (Fsp3) is 0.643. The van der Waals surface area contributed by atoms with Gasteiger partial charge in [0.05, 0.1) is 13.7 Å². The lowest BCUT2D eigenvalue weighted by atomic mass is 10.2. The largest absolute Gasteiger partial charge is 0.464 e. The maximum absolute atomic E-state index is 11.9.